The van der Waals surface area contributed by atoms with Crippen molar-refractivity contribution in [2.45, 2.75) is 75.8 Å². The second-order valence-electron chi connectivity index (χ2n) is 5.72. The van der Waals surface area contributed by atoms with Crippen molar-refractivity contribution in [2.24, 2.45) is 0 Å². The minimum absolute atomic E-state index is 0.0678. The van der Waals surface area contributed by atoms with Crippen LogP contribution < -0.4 is 10.6 Å². The minimum Gasteiger partial charge on any atom is -0.335 e. The molecule has 0 unspecified atom stereocenters. The SMILES string of the molecule is C#CC1(NC(=O)NC2CCCCC2)CCCCC1. The molecule has 0 heterocycles. The monoisotopic (exact) mass is 248 g/mol. The lowest BCUT2D eigenvalue weighted by atomic mass is 9.82. The first-order valence-corrected chi connectivity index (χ1v) is 7.31. The molecular weight excluding hydrogens is 224 g/mol. The van der Waals surface area contributed by atoms with Gasteiger partial charge in [-0.3, -0.25) is 0 Å². The van der Waals surface area contributed by atoms with Gasteiger partial charge in [0, 0.05) is 6.04 Å². The second kappa shape index (κ2) is 6.13. The van der Waals surface area contributed by atoms with Gasteiger partial charge in [-0.25, -0.2) is 4.79 Å². The predicted molar refractivity (Wildman–Crippen MR) is 73.2 cm³/mol. The van der Waals surface area contributed by atoms with E-state index in [0.29, 0.717) is 6.04 Å². The van der Waals surface area contributed by atoms with Gasteiger partial charge in [-0.2, -0.15) is 0 Å². The smallest absolute Gasteiger partial charge is 0.316 e. The molecule has 18 heavy (non-hydrogen) atoms. The molecule has 0 bridgehead atoms. The van der Waals surface area contributed by atoms with Crippen molar-refractivity contribution in [1.29, 1.82) is 0 Å². The molecule has 3 heteroatoms. The summed E-state index contributed by atoms with van der Waals surface area (Å²) in [5.74, 6) is 2.81. The van der Waals surface area contributed by atoms with Crippen molar-refractivity contribution in [3.63, 3.8) is 0 Å². The fourth-order valence-electron chi connectivity index (χ4n) is 3.15. The maximum absolute atomic E-state index is 12.0. The molecule has 2 saturated carbocycles. The number of carbonyl (C=O) groups is 1. The Hall–Kier alpha value is -1.17. The zero-order valence-corrected chi connectivity index (χ0v) is 11.1. The van der Waals surface area contributed by atoms with E-state index in [4.69, 9.17) is 6.42 Å². The van der Waals surface area contributed by atoms with E-state index in [1.807, 2.05) is 0 Å². The number of amides is 2. The third-order valence-corrected chi connectivity index (χ3v) is 4.28. The van der Waals surface area contributed by atoms with Gasteiger partial charge >= 0.3 is 6.03 Å². The number of terminal acetylenes is 1. The van der Waals surface area contributed by atoms with Crippen LogP contribution in [0.3, 0.4) is 0 Å². The van der Waals surface area contributed by atoms with E-state index in [0.717, 1.165) is 38.5 Å². The Bertz CT molecular complexity index is 320. The number of hydrogen-bond acceptors (Lipinski definition) is 1. The number of nitrogens with one attached hydrogen (secondary N) is 2. The first-order valence-electron chi connectivity index (χ1n) is 7.31. The van der Waals surface area contributed by atoms with E-state index in [2.05, 4.69) is 16.6 Å². The van der Waals surface area contributed by atoms with Crippen LogP contribution in [-0.2, 0) is 0 Å². The van der Waals surface area contributed by atoms with Crippen molar-refractivity contribution >= 4 is 6.03 Å². The molecule has 100 valence electrons. The lowest BCUT2D eigenvalue weighted by molar-refractivity contribution is 0.215. The molecule has 3 nitrogen and oxygen atoms in total. The zero-order chi connectivity index (χ0) is 12.8. The number of carbonyl (C=O) groups excluding carboxylic acids is 1. The van der Waals surface area contributed by atoms with Crippen LogP contribution in [0.4, 0.5) is 4.79 Å². The first-order chi connectivity index (χ1) is 8.74. The molecule has 0 aromatic carbocycles. The topological polar surface area (TPSA) is 41.1 Å². The second-order valence-corrected chi connectivity index (χ2v) is 5.72. The molecule has 2 aliphatic rings. The van der Waals surface area contributed by atoms with Gasteiger partial charge in [-0.1, -0.05) is 44.4 Å². The van der Waals surface area contributed by atoms with Crippen LogP contribution in [0.5, 0.6) is 0 Å². The zero-order valence-electron chi connectivity index (χ0n) is 11.1. The molecule has 2 fully saturated rings. The molecule has 0 aromatic heterocycles. The molecule has 2 rings (SSSR count). The summed E-state index contributed by atoms with van der Waals surface area (Å²) >= 11 is 0. The van der Waals surface area contributed by atoms with E-state index < -0.39 is 5.54 Å². The lowest BCUT2D eigenvalue weighted by Gasteiger charge is -2.34. The van der Waals surface area contributed by atoms with Crippen LogP contribution in [-0.4, -0.2) is 17.6 Å². The molecule has 0 atom stereocenters. The van der Waals surface area contributed by atoms with Gasteiger partial charge in [0.15, 0.2) is 0 Å². The number of hydrogen-bond donors (Lipinski definition) is 2. The number of rotatable bonds is 2. The fourth-order valence-corrected chi connectivity index (χ4v) is 3.15. The first kappa shape index (κ1) is 13.3. The largest absolute Gasteiger partial charge is 0.335 e. The van der Waals surface area contributed by atoms with Gasteiger partial charge in [-0.05, 0) is 25.7 Å². The molecule has 2 aliphatic carbocycles. The van der Waals surface area contributed by atoms with Crippen LogP contribution in [0.15, 0.2) is 0 Å². The summed E-state index contributed by atoms with van der Waals surface area (Å²) in [6, 6.07) is 0.277. The summed E-state index contributed by atoms with van der Waals surface area (Å²) in [7, 11) is 0. The quantitative estimate of drug-likeness (QED) is 0.725. The van der Waals surface area contributed by atoms with Crippen molar-refractivity contribution in [1.82, 2.24) is 10.6 Å². The van der Waals surface area contributed by atoms with Crippen molar-refractivity contribution < 1.29 is 4.79 Å². The molecular formula is C15H24N2O. The molecule has 0 aromatic rings. The lowest BCUT2D eigenvalue weighted by Crippen LogP contribution is -2.54. The van der Waals surface area contributed by atoms with Crippen LogP contribution >= 0.6 is 0 Å². The Labute approximate surface area is 110 Å². The Morgan fingerprint density at radius 3 is 2.28 bits per heavy atom. The highest BCUT2D eigenvalue weighted by molar-refractivity contribution is 5.75. The summed E-state index contributed by atoms with van der Waals surface area (Å²) < 4.78 is 0. The Balaban J connectivity index is 1.83. The summed E-state index contributed by atoms with van der Waals surface area (Å²) in [5.41, 5.74) is -0.392. The van der Waals surface area contributed by atoms with E-state index >= 15 is 0 Å². The molecule has 0 saturated heterocycles. The minimum atomic E-state index is -0.392. The van der Waals surface area contributed by atoms with E-state index in [9.17, 15) is 4.79 Å². The fraction of sp³-hybridized carbons (Fsp3) is 0.800. The molecule has 0 radical (unpaired) electrons. The van der Waals surface area contributed by atoms with E-state index in [1.54, 1.807) is 0 Å². The molecule has 0 aliphatic heterocycles. The summed E-state index contributed by atoms with van der Waals surface area (Å²) in [5, 5.41) is 6.12. The number of urea groups is 1. The predicted octanol–water partition coefficient (Wildman–Crippen LogP) is 2.95. The van der Waals surface area contributed by atoms with Crippen LogP contribution in [0, 0.1) is 12.3 Å². The summed E-state index contributed by atoms with van der Waals surface area (Å²) in [4.78, 5) is 12.0. The maximum Gasteiger partial charge on any atom is 0.316 e. The standard InChI is InChI=1S/C15H24N2O/c1-2-15(11-7-4-8-12-15)17-14(18)16-13-9-5-3-6-10-13/h1,13H,3-12H2,(H2,16,17,18). The van der Waals surface area contributed by atoms with Crippen LogP contribution in [0.1, 0.15) is 64.2 Å². The van der Waals surface area contributed by atoms with Gasteiger partial charge in [0.1, 0.15) is 5.54 Å². The van der Waals surface area contributed by atoms with Crippen molar-refractivity contribution in [2.75, 3.05) is 0 Å². The Morgan fingerprint density at radius 1 is 1.06 bits per heavy atom. The van der Waals surface area contributed by atoms with Crippen molar-refractivity contribution in [3.8, 4) is 12.3 Å². The molecule has 2 N–H and O–H groups in total. The third-order valence-electron chi connectivity index (χ3n) is 4.28. The van der Waals surface area contributed by atoms with Gasteiger partial charge < -0.3 is 10.6 Å². The van der Waals surface area contributed by atoms with Crippen LogP contribution in [0.25, 0.3) is 0 Å². The average molecular weight is 248 g/mol. The maximum atomic E-state index is 12.0. The van der Waals surface area contributed by atoms with Crippen molar-refractivity contribution in [3.05, 3.63) is 0 Å². The van der Waals surface area contributed by atoms with Gasteiger partial charge in [0.05, 0.1) is 0 Å². The molecule has 2 amide bonds. The van der Waals surface area contributed by atoms with Gasteiger partial charge in [0.2, 0.25) is 0 Å². The Kier molecular flexibility index (Phi) is 4.52. The highest BCUT2D eigenvalue weighted by atomic mass is 16.2. The Morgan fingerprint density at radius 2 is 1.67 bits per heavy atom. The van der Waals surface area contributed by atoms with Crippen LogP contribution in [0.2, 0.25) is 0 Å². The average Bonchev–Trinajstić information content (AvgIpc) is 2.41. The highest BCUT2D eigenvalue weighted by Gasteiger charge is 2.31. The third kappa shape index (κ3) is 3.41. The van der Waals surface area contributed by atoms with E-state index in [-0.39, 0.29) is 6.03 Å². The van der Waals surface area contributed by atoms with E-state index in [1.165, 1.54) is 25.7 Å². The van der Waals surface area contributed by atoms with Gasteiger partial charge in [0.25, 0.3) is 0 Å². The summed E-state index contributed by atoms with van der Waals surface area (Å²) in [6.07, 6.45) is 16.9. The van der Waals surface area contributed by atoms with Gasteiger partial charge in [-0.15, -0.1) is 6.42 Å². The normalized spacial score (nSPS) is 23.9. The summed E-state index contributed by atoms with van der Waals surface area (Å²) in [6.45, 7) is 0. The highest BCUT2D eigenvalue weighted by Crippen LogP contribution is 2.27. The molecule has 0 spiro atoms.